The summed E-state index contributed by atoms with van der Waals surface area (Å²) in [5.74, 6) is -3.03. The van der Waals surface area contributed by atoms with E-state index in [1.807, 2.05) is 12.1 Å². The normalized spacial score (nSPS) is 18.1. The number of alkyl halides is 2. The van der Waals surface area contributed by atoms with Gasteiger partial charge in [0.15, 0.2) is 0 Å². The topological polar surface area (TPSA) is 88.1 Å². The van der Waals surface area contributed by atoms with Crippen molar-refractivity contribution in [3.8, 4) is 5.75 Å². The van der Waals surface area contributed by atoms with Crippen LogP contribution in [0.25, 0.3) is 0 Å². The van der Waals surface area contributed by atoms with Gasteiger partial charge in [0, 0.05) is 23.4 Å². The first-order chi connectivity index (χ1) is 21.7. The maximum atomic E-state index is 13.5. The third-order valence-corrected chi connectivity index (χ3v) is 8.84. The lowest BCUT2D eigenvalue weighted by Gasteiger charge is -2.43. The van der Waals surface area contributed by atoms with Crippen molar-refractivity contribution in [2.45, 2.75) is 51.1 Å². The lowest BCUT2D eigenvalue weighted by molar-refractivity contribution is -0.139. The third-order valence-electron chi connectivity index (χ3n) is 8.84. The summed E-state index contributed by atoms with van der Waals surface area (Å²) >= 11 is 0. The number of piperidine rings is 1. The predicted octanol–water partition coefficient (Wildman–Crippen LogP) is 7.04. The van der Waals surface area contributed by atoms with Gasteiger partial charge < -0.3 is 24.8 Å². The molecule has 5 rings (SSSR count). The summed E-state index contributed by atoms with van der Waals surface area (Å²) in [6.45, 7) is 2.93. The van der Waals surface area contributed by atoms with Crippen molar-refractivity contribution in [1.82, 2.24) is 10.2 Å². The Morgan fingerprint density at radius 2 is 1.50 bits per heavy atom. The molecule has 0 aromatic heterocycles. The molecule has 0 spiro atoms. The van der Waals surface area contributed by atoms with Crippen molar-refractivity contribution in [3.05, 3.63) is 124 Å². The molecule has 3 aromatic carbocycles. The van der Waals surface area contributed by atoms with E-state index in [9.17, 15) is 23.5 Å². The van der Waals surface area contributed by atoms with Gasteiger partial charge in [-0.1, -0.05) is 72.8 Å². The zero-order valence-electron chi connectivity index (χ0n) is 25.9. The number of hydrogen-bond donors (Lipinski definition) is 2. The summed E-state index contributed by atoms with van der Waals surface area (Å²) in [6, 6.07) is 27.1. The molecule has 0 aliphatic carbocycles. The Labute approximate surface area is 274 Å². The van der Waals surface area contributed by atoms with Crippen LogP contribution in [0.2, 0.25) is 0 Å². The number of allylic oxidation sites excluding steroid dienone is 2. The molecule has 1 saturated heterocycles. The Kier molecular flexibility index (Phi) is 11.6. The number of carbonyl (C=O) groups is 2. The molecule has 2 heterocycles. The zero-order valence-corrected chi connectivity index (χ0v) is 26.7. The fourth-order valence-corrected chi connectivity index (χ4v) is 6.70. The molecular weight excluding hydrogens is 614 g/mol. The maximum absolute atomic E-state index is 13.5. The molecular formula is C36H39ClF2N2O5. The second-order valence-corrected chi connectivity index (χ2v) is 11.5. The van der Waals surface area contributed by atoms with Crippen LogP contribution in [0.3, 0.4) is 0 Å². The number of nitrogens with zero attached hydrogens (tertiary/aromatic N) is 1. The molecule has 7 nitrogen and oxygen atoms in total. The van der Waals surface area contributed by atoms with Gasteiger partial charge in [0.2, 0.25) is 0 Å². The lowest BCUT2D eigenvalue weighted by atomic mass is 9.68. The minimum atomic E-state index is -3.04. The Morgan fingerprint density at radius 3 is 2.07 bits per heavy atom. The molecule has 2 aliphatic heterocycles. The fourth-order valence-electron chi connectivity index (χ4n) is 6.70. The zero-order chi connectivity index (χ0) is 32.0. The third kappa shape index (κ3) is 7.59. The molecule has 10 heteroatoms. The number of carboxylic acid groups (broad SMARTS) is 1. The van der Waals surface area contributed by atoms with Crippen LogP contribution in [-0.2, 0) is 19.7 Å². The fraction of sp³-hybridized carbons (Fsp3) is 0.333. The number of likely N-dealkylation sites (tertiary alicyclic amines) is 1. The Hall–Kier alpha value is -4.21. The van der Waals surface area contributed by atoms with E-state index in [1.165, 1.54) is 29.3 Å². The quantitative estimate of drug-likeness (QED) is 0.170. The standard InChI is InChI=1S/C36H38F2N2O5.ClH/c1-24-30(33(41)42)32(26-11-9-16-29(23-26)45-35(37)38)31(25(2)39-24)34(43)44-22-10-19-40-20-17-36(18-21-40,27-12-5-3-6-13-27)28-14-7-4-8-15-28;/h3-9,11-16,23,32,35,39H,10,17-22H2,1-2H3,(H,41,42);1H. The second kappa shape index (κ2) is 15.4. The van der Waals surface area contributed by atoms with Crippen LogP contribution >= 0.6 is 12.4 Å². The summed E-state index contributed by atoms with van der Waals surface area (Å²) < 4.78 is 36.1. The van der Waals surface area contributed by atoms with Gasteiger partial charge in [-0.3, -0.25) is 0 Å². The molecule has 1 fully saturated rings. The van der Waals surface area contributed by atoms with E-state index in [-0.39, 0.29) is 41.3 Å². The maximum Gasteiger partial charge on any atom is 0.387 e. The van der Waals surface area contributed by atoms with Crippen LogP contribution in [0.4, 0.5) is 8.78 Å². The molecule has 0 saturated carbocycles. The first kappa shape index (κ1) is 34.7. The van der Waals surface area contributed by atoms with Crippen LogP contribution in [0.1, 0.15) is 55.7 Å². The van der Waals surface area contributed by atoms with Gasteiger partial charge >= 0.3 is 18.6 Å². The first-order valence-corrected chi connectivity index (χ1v) is 15.2. The lowest BCUT2D eigenvalue weighted by Crippen LogP contribution is -2.43. The highest BCUT2D eigenvalue weighted by atomic mass is 35.5. The van der Waals surface area contributed by atoms with Gasteiger partial charge in [-0.05, 0) is 75.0 Å². The minimum absolute atomic E-state index is 0. The van der Waals surface area contributed by atoms with Crippen molar-refractivity contribution >= 4 is 24.3 Å². The summed E-state index contributed by atoms with van der Waals surface area (Å²) in [5, 5.41) is 13.0. The molecule has 2 aliphatic rings. The van der Waals surface area contributed by atoms with E-state index < -0.39 is 24.5 Å². The van der Waals surface area contributed by atoms with Gasteiger partial charge in [-0.15, -0.1) is 12.4 Å². The van der Waals surface area contributed by atoms with Gasteiger partial charge in [0.05, 0.1) is 23.7 Å². The monoisotopic (exact) mass is 652 g/mol. The van der Waals surface area contributed by atoms with E-state index >= 15 is 0 Å². The average Bonchev–Trinajstić information content (AvgIpc) is 3.03. The number of carboxylic acids is 1. The highest BCUT2D eigenvalue weighted by molar-refractivity contribution is 5.99. The number of rotatable bonds is 11. The van der Waals surface area contributed by atoms with Gasteiger partial charge in [0.25, 0.3) is 0 Å². The van der Waals surface area contributed by atoms with Gasteiger partial charge in [-0.2, -0.15) is 8.78 Å². The van der Waals surface area contributed by atoms with Crippen LogP contribution in [0, 0.1) is 0 Å². The second-order valence-electron chi connectivity index (χ2n) is 11.5. The van der Waals surface area contributed by atoms with Crippen molar-refractivity contribution in [3.63, 3.8) is 0 Å². The Bertz CT molecular complexity index is 1530. The number of aliphatic carboxylic acids is 1. The minimum Gasteiger partial charge on any atom is -0.478 e. The highest BCUT2D eigenvalue weighted by Gasteiger charge is 2.39. The molecule has 1 unspecified atom stereocenters. The number of esters is 1. The predicted molar refractivity (Wildman–Crippen MR) is 174 cm³/mol. The molecule has 244 valence electrons. The summed E-state index contributed by atoms with van der Waals surface area (Å²) in [7, 11) is 0. The van der Waals surface area contributed by atoms with Crippen molar-refractivity contribution < 1.29 is 33.0 Å². The van der Waals surface area contributed by atoms with Gasteiger partial charge in [-0.25, -0.2) is 9.59 Å². The van der Waals surface area contributed by atoms with Crippen LogP contribution in [0.5, 0.6) is 5.75 Å². The number of hydrogen-bond acceptors (Lipinski definition) is 6. The number of nitrogens with one attached hydrogen (secondary N) is 1. The Morgan fingerprint density at radius 1 is 0.913 bits per heavy atom. The molecule has 0 radical (unpaired) electrons. The number of benzene rings is 3. The Balaban J connectivity index is 0.00000480. The highest BCUT2D eigenvalue weighted by Crippen LogP contribution is 2.42. The number of carbonyl (C=O) groups excluding carboxylic acids is 1. The van der Waals surface area contributed by atoms with Crippen LogP contribution < -0.4 is 10.1 Å². The summed E-state index contributed by atoms with van der Waals surface area (Å²) in [5.41, 5.74) is 3.79. The molecule has 3 aromatic rings. The average molecular weight is 653 g/mol. The van der Waals surface area contributed by atoms with Crippen LogP contribution in [-0.4, -0.2) is 54.8 Å². The van der Waals surface area contributed by atoms with E-state index in [2.05, 4.69) is 63.5 Å². The molecule has 2 N–H and O–H groups in total. The van der Waals surface area contributed by atoms with Crippen LogP contribution in [0.15, 0.2) is 107 Å². The van der Waals surface area contributed by atoms with Crippen molar-refractivity contribution in [2.24, 2.45) is 0 Å². The largest absolute Gasteiger partial charge is 0.478 e. The number of dihydropyridines is 1. The molecule has 0 bridgehead atoms. The van der Waals surface area contributed by atoms with E-state index in [1.54, 1.807) is 19.9 Å². The first-order valence-electron chi connectivity index (χ1n) is 15.2. The van der Waals surface area contributed by atoms with E-state index in [0.29, 0.717) is 23.4 Å². The summed E-state index contributed by atoms with van der Waals surface area (Å²) in [4.78, 5) is 28.2. The molecule has 46 heavy (non-hydrogen) atoms. The number of ether oxygens (including phenoxy) is 2. The SMILES string of the molecule is CC1=C(C(=O)O)C(c2cccc(OC(F)F)c2)C(C(=O)OCCCN2CCC(c3ccccc3)(c3ccccc3)CC2)=C(C)N1.Cl. The molecule has 1 atom stereocenters. The van der Waals surface area contributed by atoms with Crippen molar-refractivity contribution in [2.75, 3.05) is 26.2 Å². The molecule has 0 amide bonds. The van der Waals surface area contributed by atoms with E-state index in [0.717, 1.165) is 32.5 Å². The smallest absolute Gasteiger partial charge is 0.387 e. The number of halogens is 3. The van der Waals surface area contributed by atoms with Crippen molar-refractivity contribution in [1.29, 1.82) is 0 Å². The summed E-state index contributed by atoms with van der Waals surface area (Å²) in [6.07, 6.45) is 2.55. The van der Waals surface area contributed by atoms with E-state index in [4.69, 9.17) is 4.74 Å². The van der Waals surface area contributed by atoms with Gasteiger partial charge in [0.1, 0.15) is 5.75 Å².